The van der Waals surface area contributed by atoms with Crippen LogP contribution in [0, 0.1) is 5.92 Å². The highest BCUT2D eigenvalue weighted by atomic mass is 19.1. The Morgan fingerprint density at radius 1 is 0.913 bits per heavy atom. The lowest BCUT2D eigenvalue weighted by atomic mass is 9.79. The molecule has 4 aliphatic heterocycles. The summed E-state index contributed by atoms with van der Waals surface area (Å²) in [7, 11) is -0.385. The Balaban J connectivity index is 0.893. The molecule has 5 heterocycles. The van der Waals surface area contributed by atoms with E-state index in [4.69, 9.17) is 14.0 Å². The average molecular weight is 636 g/mol. The first kappa shape index (κ1) is 33.2. The Bertz CT molecular complexity index is 1290. The number of rotatable bonds is 8. The highest BCUT2D eigenvalue weighted by molar-refractivity contribution is 6.62. The van der Waals surface area contributed by atoms with Gasteiger partial charge < -0.3 is 28.7 Å². The monoisotopic (exact) mass is 635 g/mol. The molecule has 1 aromatic carbocycles. The fraction of sp³-hybridized carbons (Fsp3) is 0.657. The van der Waals surface area contributed by atoms with Gasteiger partial charge in [-0.3, -0.25) is 4.90 Å². The molecular formula is C35H51BFN5O4. The Hall–Kier alpha value is -2.73. The quantitative estimate of drug-likeness (QED) is 0.397. The van der Waals surface area contributed by atoms with Gasteiger partial charge in [0.25, 0.3) is 0 Å². The number of amides is 1. The number of hydrogen-bond donors (Lipinski definition) is 0. The van der Waals surface area contributed by atoms with Crippen molar-refractivity contribution in [2.24, 2.45) is 5.92 Å². The third kappa shape index (κ3) is 7.86. The number of ether oxygens (including phenoxy) is 1. The summed E-state index contributed by atoms with van der Waals surface area (Å²) in [5.74, 6) is 1.60. The van der Waals surface area contributed by atoms with Crippen LogP contribution in [0.15, 0.2) is 48.7 Å². The molecule has 1 aromatic heterocycles. The molecule has 4 aliphatic rings. The molecule has 4 fully saturated rings. The van der Waals surface area contributed by atoms with Crippen molar-refractivity contribution >= 4 is 24.5 Å². The van der Waals surface area contributed by atoms with Crippen molar-refractivity contribution in [2.45, 2.75) is 76.9 Å². The molecule has 0 aliphatic carbocycles. The Morgan fingerprint density at radius 2 is 1.57 bits per heavy atom. The average Bonchev–Trinajstić information content (AvgIpc) is 3.28. The van der Waals surface area contributed by atoms with Gasteiger partial charge in [-0.1, -0.05) is 30.3 Å². The lowest BCUT2D eigenvalue weighted by Gasteiger charge is -2.43. The van der Waals surface area contributed by atoms with Gasteiger partial charge in [0, 0.05) is 71.6 Å². The van der Waals surface area contributed by atoms with Crippen LogP contribution in [0.1, 0.15) is 58.9 Å². The standard InChI is InChI=1S/C35H51BFN5O4/c1-33(2)34(3,4)46-36(45-33)30-10-15-38-31(24-30)41-16-11-28(12-17-41)25-39-18-13-35(37,14-19-39)27-40-20-22-42(23-21-40)32(43)44-26-29-8-6-5-7-9-29/h5-10,15,24,28H,11-14,16-23,25-27H2,1-4H3. The smallest absolute Gasteiger partial charge is 0.445 e. The van der Waals surface area contributed by atoms with Crippen molar-refractivity contribution < 1.29 is 23.2 Å². The summed E-state index contributed by atoms with van der Waals surface area (Å²) in [5.41, 5.74) is 0.0845. The highest BCUT2D eigenvalue weighted by Crippen LogP contribution is 2.37. The van der Waals surface area contributed by atoms with E-state index in [-0.39, 0.29) is 31.0 Å². The fourth-order valence-electron chi connectivity index (χ4n) is 7.04. The predicted octanol–water partition coefficient (Wildman–Crippen LogP) is 4.36. The van der Waals surface area contributed by atoms with Crippen molar-refractivity contribution in [1.29, 1.82) is 0 Å². The van der Waals surface area contributed by atoms with Gasteiger partial charge in [0.05, 0.1) is 11.2 Å². The van der Waals surface area contributed by atoms with Crippen molar-refractivity contribution in [3.05, 3.63) is 54.2 Å². The molecule has 0 atom stereocenters. The summed E-state index contributed by atoms with van der Waals surface area (Å²) in [6.07, 6.45) is 4.93. The van der Waals surface area contributed by atoms with Crippen LogP contribution in [0.3, 0.4) is 0 Å². The first-order valence-electron chi connectivity index (χ1n) is 17.1. The van der Waals surface area contributed by atoms with Gasteiger partial charge in [-0.05, 0) is 82.5 Å². The number of pyridine rings is 1. The Kier molecular flexibility index (Phi) is 9.95. The van der Waals surface area contributed by atoms with E-state index in [1.54, 1.807) is 4.90 Å². The van der Waals surface area contributed by atoms with Gasteiger partial charge in [0.1, 0.15) is 18.1 Å². The summed E-state index contributed by atoms with van der Waals surface area (Å²) in [6.45, 7) is 16.1. The van der Waals surface area contributed by atoms with E-state index >= 15 is 4.39 Å². The van der Waals surface area contributed by atoms with Crippen LogP contribution in [-0.4, -0.2) is 115 Å². The second-order valence-electron chi connectivity index (χ2n) is 14.7. The fourth-order valence-corrected chi connectivity index (χ4v) is 7.04. The molecule has 0 spiro atoms. The van der Waals surface area contributed by atoms with E-state index in [2.05, 4.69) is 53.4 Å². The van der Waals surface area contributed by atoms with E-state index in [1.807, 2.05) is 42.6 Å². The number of likely N-dealkylation sites (tertiary alicyclic amines) is 1. The van der Waals surface area contributed by atoms with Gasteiger partial charge >= 0.3 is 13.2 Å². The van der Waals surface area contributed by atoms with E-state index in [1.165, 1.54) is 0 Å². The van der Waals surface area contributed by atoms with Gasteiger partial charge in [0.15, 0.2) is 0 Å². The summed E-state index contributed by atoms with van der Waals surface area (Å²) in [4.78, 5) is 26.0. The topological polar surface area (TPSA) is 70.6 Å². The van der Waals surface area contributed by atoms with Gasteiger partial charge in [-0.15, -0.1) is 0 Å². The minimum atomic E-state index is -1.16. The van der Waals surface area contributed by atoms with E-state index in [0.717, 1.165) is 62.4 Å². The van der Waals surface area contributed by atoms with Crippen molar-refractivity contribution in [2.75, 3.05) is 70.3 Å². The largest absolute Gasteiger partial charge is 0.495 e. The van der Waals surface area contributed by atoms with Crippen molar-refractivity contribution in [3.63, 3.8) is 0 Å². The molecular weight excluding hydrogens is 584 g/mol. The van der Waals surface area contributed by atoms with E-state index in [0.29, 0.717) is 51.5 Å². The molecule has 0 N–H and O–H groups in total. The number of carbonyl (C=O) groups excluding carboxylic acids is 1. The van der Waals surface area contributed by atoms with Crippen LogP contribution < -0.4 is 10.4 Å². The molecule has 0 radical (unpaired) electrons. The molecule has 2 aromatic rings. The molecule has 250 valence electrons. The van der Waals surface area contributed by atoms with Gasteiger partial charge in [-0.2, -0.15) is 0 Å². The maximum atomic E-state index is 15.9. The SMILES string of the molecule is CC1(C)OB(c2ccnc(N3CCC(CN4CCC(F)(CN5CCN(C(=O)OCc6ccccc6)CC5)CC4)CC3)c2)OC1(C)C. The van der Waals surface area contributed by atoms with Crippen molar-refractivity contribution in [3.8, 4) is 0 Å². The normalized spacial score (nSPS) is 23.9. The molecule has 46 heavy (non-hydrogen) atoms. The molecule has 9 nitrogen and oxygen atoms in total. The van der Waals surface area contributed by atoms with Crippen LogP contribution in [-0.2, 0) is 20.7 Å². The van der Waals surface area contributed by atoms with Crippen molar-refractivity contribution in [1.82, 2.24) is 19.7 Å². The molecule has 6 rings (SSSR count). The zero-order valence-electron chi connectivity index (χ0n) is 28.1. The number of anilines is 1. The highest BCUT2D eigenvalue weighted by Gasteiger charge is 2.51. The number of benzene rings is 1. The molecule has 11 heteroatoms. The van der Waals surface area contributed by atoms with Crippen LogP contribution in [0.4, 0.5) is 15.0 Å². The van der Waals surface area contributed by atoms with Crippen LogP contribution in [0.2, 0.25) is 0 Å². The number of hydrogen-bond acceptors (Lipinski definition) is 8. The minimum absolute atomic E-state index is 0.275. The Labute approximate surface area is 274 Å². The van der Waals surface area contributed by atoms with E-state index in [9.17, 15) is 4.79 Å². The molecule has 0 unspecified atom stereocenters. The third-order valence-corrected chi connectivity index (χ3v) is 10.8. The number of carbonyl (C=O) groups is 1. The number of piperazine rings is 1. The van der Waals surface area contributed by atoms with Crippen LogP contribution in [0.5, 0.6) is 0 Å². The second-order valence-corrected chi connectivity index (χ2v) is 14.7. The number of halogens is 1. The van der Waals surface area contributed by atoms with Gasteiger partial charge in [0.2, 0.25) is 0 Å². The summed E-state index contributed by atoms with van der Waals surface area (Å²) in [6, 6.07) is 13.8. The minimum Gasteiger partial charge on any atom is -0.445 e. The zero-order chi connectivity index (χ0) is 32.4. The molecule has 1 amide bonds. The maximum Gasteiger partial charge on any atom is 0.495 e. The van der Waals surface area contributed by atoms with E-state index < -0.39 is 5.67 Å². The number of piperidine rings is 2. The predicted molar refractivity (Wildman–Crippen MR) is 179 cm³/mol. The third-order valence-electron chi connectivity index (χ3n) is 10.8. The van der Waals surface area contributed by atoms with Gasteiger partial charge in [-0.25, -0.2) is 14.2 Å². The summed E-state index contributed by atoms with van der Waals surface area (Å²) >= 11 is 0. The number of aromatic nitrogens is 1. The molecule has 0 saturated carbocycles. The first-order chi connectivity index (χ1) is 22.0. The Morgan fingerprint density at radius 3 is 2.22 bits per heavy atom. The summed E-state index contributed by atoms with van der Waals surface area (Å²) in [5, 5.41) is 0. The molecule has 0 bridgehead atoms. The first-order valence-corrected chi connectivity index (χ1v) is 17.1. The summed E-state index contributed by atoms with van der Waals surface area (Å²) < 4.78 is 33.9. The zero-order valence-corrected chi connectivity index (χ0v) is 28.1. The maximum absolute atomic E-state index is 15.9. The number of alkyl halides is 1. The van der Waals surface area contributed by atoms with Crippen LogP contribution >= 0.6 is 0 Å². The molecule has 4 saturated heterocycles. The lowest BCUT2D eigenvalue weighted by Crippen LogP contribution is -2.54. The van der Waals surface area contributed by atoms with Crippen LogP contribution in [0.25, 0.3) is 0 Å². The second kappa shape index (κ2) is 13.8. The lowest BCUT2D eigenvalue weighted by molar-refractivity contribution is 0.00453. The number of nitrogens with zero attached hydrogens (tertiary/aromatic N) is 5.